The second kappa shape index (κ2) is 6.46. The van der Waals surface area contributed by atoms with Crippen LogP contribution in [0.4, 0.5) is 0 Å². The molecule has 112 valence electrons. The molecule has 2 aromatic rings. The van der Waals surface area contributed by atoms with Crippen LogP contribution in [-0.4, -0.2) is 17.3 Å². The molecule has 3 nitrogen and oxygen atoms in total. The van der Waals surface area contributed by atoms with Crippen LogP contribution in [0, 0.1) is 0 Å². The minimum absolute atomic E-state index is 0.112. The van der Waals surface area contributed by atoms with Crippen LogP contribution in [0.25, 0.3) is 10.8 Å². The second-order valence-electron chi connectivity index (χ2n) is 5.83. The van der Waals surface area contributed by atoms with Crippen molar-refractivity contribution in [3.05, 3.63) is 42.0 Å². The molecule has 21 heavy (non-hydrogen) atoms. The maximum atomic E-state index is 10.2. The summed E-state index contributed by atoms with van der Waals surface area (Å²) in [7, 11) is 0. The van der Waals surface area contributed by atoms with Gasteiger partial charge in [0, 0.05) is 12.1 Å². The highest BCUT2D eigenvalue weighted by Crippen LogP contribution is 2.30. The lowest BCUT2D eigenvalue weighted by Crippen LogP contribution is -2.31. The molecule has 0 aliphatic heterocycles. The molecule has 2 atom stereocenters. The van der Waals surface area contributed by atoms with E-state index < -0.39 is 0 Å². The van der Waals surface area contributed by atoms with E-state index in [4.69, 9.17) is 10.5 Å². The molecule has 3 heteroatoms. The van der Waals surface area contributed by atoms with E-state index in [0.29, 0.717) is 6.54 Å². The lowest BCUT2D eigenvalue weighted by molar-refractivity contribution is 0.0315. The Labute approximate surface area is 125 Å². The minimum atomic E-state index is -0.371. The number of rotatable bonds is 3. The molecule has 1 saturated carbocycles. The van der Waals surface area contributed by atoms with Gasteiger partial charge < -0.3 is 15.6 Å². The molecule has 0 radical (unpaired) electrons. The first-order valence-electron chi connectivity index (χ1n) is 7.85. The van der Waals surface area contributed by atoms with Gasteiger partial charge in [-0.2, -0.15) is 0 Å². The zero-order valence-corrected chi connectivity index (χ0v) is 12.3. The Hall–Kier alpha value is -1.58. The van der Waals surface area contributed by atoms with E-state index in [1.807, 2.05) is 18.2 Å². The highest BCUT2D eigenvalue weighted by Gasteiger charge is 2.24. The Kier molecular flexibility index (Phi) is 4.42. The third-order valence-corrected chi connectivity index (χ3v) is 4.40. The maximum absolute atomic E-state index is 10.2. The summed E-state index contributed by atoms with van der Waals surface area (Å²) < 4.78 is 6.15. The molecule has 0 bridgehead atoms. The van der Waals surface area contributed by atoms with E-state index in [0.717, 1.165) is 42.4 Å². The second-order valence-corrected chi connectivity index (χ2v) is 5.83. The Morgan fingerprint density at radius 2 is 1.86 bits per heavy atom. The first-order valence-corrected chi connectivity index (χ1v) is 7.85. The molecule has 3 N–H and O–H groups in total. The highest BCUT2D eigenvalue weighted by molar-refractivity contribution is 5.87. The van der Waals surface area contributed by atoms with Crippen molar-refractivity contribution in [2.45, 2.75) is 50.9 Å². The van der Waals surface area contributed by atoms with Gasteiger partial charge in [0.2, 0.25) is 0 Å². The number of ether oxygens (including phenoxy) is 1. The highest BCUT2D eigenvalue weighted by atomic mass is 16.5. The number of aliphatic hydroxyl groups is 1. The molecule has 3 rings (SSSR count). The monoisotopic (exact) mass is 285 g/mol. The quantitative estimate of drug-likeness (QED) is 0.850. The number of hydrogen-bond donors (Lipinski definition) is 2. The number of benzene rings is 2. The van der Waals surface area contributed by atoms with Crippen molar-refractivity contribution in [2.75, 3.05) is 0 Å². The van der Waals surface area contributed by atoms with Crippen LogP contribution in [0.2, 0.25) is 0 Å². The van der Waals surface area contributed by atoms with Gasteiger partial charge in [-0.1, -0.05) is 43.2 Å². The lowest BCUT2D eigenvalue weighted by Gasteiger charge is -2.24. The smallest absolute Gasteiger partial charge is 0.124 e. The summed E-state index contributed by atoms with van der Waals surface area (Å²) in [6.07, 6.45) is 4.64. The minimum Gasteiger partial charge on any atom is -0.487 e. The number of aliphatic hydroxyl groups excluding tert-OH is 1. The molecular weight excluding hydrogens is 262 g/mol. The molecule has 0 heterocycles. The van der Waals surface area contributed by atoms with Crippen LogP contribution in [0.1, 0.15) is 37.7 Å². The van der Waals surface area contributed by atoms with Crippen molar-refractivity contribution >= 4 is 10.8 Å². The third kappa shape index (κ3) is 3.04. The summed E-state index contributed by atoms with van der Waals surface area (Å²) >= 11 is 0. The predicted molar refractivity (Wildman–Crippen MR) is 85.3 cm³/mol. The molecule has 0 amide bonds. The van der Waals surface area contributed by atoms with Gasteiger partial charge in [0.05, 0.1) is 6.10 Å². The molecule has 0 aromatic heterocycles. The van der Waals surface area contributed by atoms with Crippen LogP contribution in [-0.2, 0) is 6.54 Å². The van der Waals surface area contributed by atoms with Gasteiger partial charge in [0.25, 0.3) is 0 Å². The summed E-state index contributed by atoms with van der Waals surface area (Å²) in [5.74, 6) is 0.821. The van der Waals surface area contributed by atoms with Gasteiger partial charge in [-0.15, -0.1) is 0 Å². The summed E-state index contributed by atoms with van der Waals surface area (Å²) in [5.41, 5.74) is 6.98. The molecule has 1 aliphatic rings. The van der Waals surface area contributed by atoms with Gasteiger partial charge >= 0.3 is 0 Å². The van der Waals surface area contributed by atoms with E-state index in [1.54, 1.807) is 0 Å². The van der Waals surface area contributed by atoms with Gasteiger partial charge in [-0.3, -0.25) is 0 Å². The molecule has 1 fully saturated rings. The summed E-state index contributed by atoms with van der Waals surface area (Å²) in [6.45, 7) is 0.444. The summed E-state index contributed by atoms with van der Waals surface area (Å²) in [4.78, 5) is 0. The summed E-state index contributed by atoms with van der Waals surface area (Å²) in [6, 6.07) is 12.3. The first kappa shape index (κ1) is 14.4. The van der Waals surface area contributed by atoms with E-state index in [-0.39, 0.29) is 12.2 Å². The lowest BCUT2D eigenvalue weighted by atomic mass is 10.0. The van der Waals surface area contributed by atoms with Crippen molar-refractivity contribution in [3.8, 4) is 5.75 Å². The number of fused-ring (bicyclic) bond motifs is 1. The Morgan fingerprint density at radius 3 is 2.71 bits per heavy atom. The van der Waals surface area contributed by atoms with Crippen molar-refractivity contribution in [1.29, 1.82) is 0 Å². The van der Waals surface area contributed by atoms with Crippen LogP contribution in [0.3, 0.4) is 0 Å². The molecule has 0 spiro atoms. The van der Waals surface area contributed by atoms with E-state index in [1.165, 1.54) is 11.8 Å². The van der Waals surface area contributed by atoms with E-state index in [2.05, 4.69) is 18.2 Å². The fraction of sp³-hybridized carbons (Fsp3) is 0.444. The largest absolute Gasteiger partial charge is 0.487 e. The number of hydrogen-bond acceptors (Lipinski definition) is 3. The molecule has 2 aromatic carbocycles. The SMILES string of the molecule is NCc1c(OC2CCCCCC2O)ccc2ccccc12. The van der Waals surface area contributed by atoms with Crippen LogP contribution in [0.5, 0.6) is 5.75 Å². The normalized spacial score (nSPS) is 23.0. The molecular formula is C18H23NO2. The van der Waals surface area contributed by atoms with Gasteiger partial charge in [-0.25, -0.2) is 0 Å². The van der Waals surface area contributed by atoms with Crippen LogP contribution < -0.4 is 10.5 Å². The first-order chi connectivity index (χ1) is 10.3. The fourth-order valence-electron chi connectivity index (χ4n) is 3.19. The zero-order valence-electron chi connectivity index (χ0n) is 12.3. The average Bonchev–Trinajstić information content (AvgIpc) is 2.72. The van der Waals surface area contributed by atoms with Crippen molar-refractivity contribution in [1.82, 2.24) is 0 Å². The number of nitrogens with two attached hydrogens (primary N) is 1. The Morgan fingerprint density at radius 1 is 1.05 bits per heavy atom. The summed E-state index contributed by atoms with van der Waals surface area (Å²) in [5, 5.41) is 12.5. The molecule has 1 aliphatic carbocycles. The van der Waals surface area contributed by atoms with E-state index >= 15 is 0 Å². The van der Waals surface area contributed by atoms with Crippen molar-refractivity contribution in [2.24, 2.45) is 5.73 Å². The van der Waals surface area contributed by atoms with Gasteiger partial charge in [0.15, 0.2) is 0 Å². The Bertz CT molecular complexity index is 611. The molecule has 2 unspecified atom stereocenters. The fourth-order valence-corrected chi connectivity index (χ4v) is 3.19. The van der Waals surface area contributed by atoms with Crippen LogP contribution >= 0.6 is 0 Å². The van der Waals surface area contributed by atoms with E-state index in [9.17, 15) is 5.11 Å². The molecule has 0 saturated heterocycles. The van der Waals surface area contributed by atoms with Gasteiger partial charge in [-0.05, 0) is 36.1 Å². The van der Waals surface area contributed by atoms with Crippen molar-refractivity contribution in [3.63, 3.8) is 0 Å². The third-order valence-electron chi connectivity index (χ3n) is 4.40. The maximum Gasteiger partial charge on any atom is 0.124 e. The van der Waals surface area contributed by atoms with Crippen molar-refractivity contribution < 1.29 is 9.84 Å². The Balaban J connectivity index is 1.92. The van der Waals surface area contributed by atoms with Gasteiger partial charge in [0.1, 0.15) is 11.9 Å². The standard InChI is InChI=1S/C18H23NO2/c19-12-15-14-7-5-4-6-13(14)10-11-17(15)21-18-9-3-1-2-8-16(18)20/h4-7,10-11,16,18,20H,1-3,8-9,12,19H2. The topological polar surface area (TPSA) is 55.5 Å². The van der Waals surface area contributed by atoms with Crippen LogP contribution in [0.15, 0.2) is 36.4 Å². The average molecular weight is 285 g/mol. The predicted octanol–water partition coefficient (Wildman–Crippen LogP) is 3.37. The zero-order chi connectivity index (χ0) is 14.7.